The van der Waals surface area contributed by atoms with Gasteiger partial charge in [-0.1, -0.05) is 161 Å². The molecule has 0 aliphatic heterocycles. The molecule has 0 bridgehead atoms. The van der Waals surface area contributed by atoms with Crippen LogP contribution in [0.1, 0.15) is 77.8 Å². The minimum absolute atomic E-state index is 0.649. The Morgan fingerprint density at radius 2 is 1.30 bits per heavy atom. The monoisotopic (exact) mass is 680 g/mol. The van der Waals surface area contributed by atoms with Gasteiger partial charge in [0.2, 0.25) is 0 Å². The fourth-order valence-electron chi connectivity index (χ4n) is 4.76. The number of benzene rings is 3. The molecule has 0 aliphatic rings. The average molecular weight is 681 g/mol. The van der Waals surface area contributed by atoms with Crippen LogP contribution in [0.4, 0.5) is 0 Å². The lowest BCUT2D eigenvalue weighted by molar-refractivity contribution is 0.471. The van der Waals surface area contributed by atoms with Crippen molar-refractivity contribution in [3.8, 4) is 22.3 Å². The Morgan fingerprint density at radius 1 is 0.700 bits per heavy atom. The van der Waals surface area contributed by atoms with E-state index in [9.17, 15) is 0 Å². The molecule has 0 nitrogen and oxygen atoms in total. The fraction of sp³-hybridized carbons (Fsp3) is 0.224. The maximum atomic E-state index is 4.00. The normalized spacial score (nSPS) is 11.9. The molecule has 0 fully saturated rings. The fourth-order valence-corrected chi connectivity index (χ4v) is 5.79. The number of hydrogen-bond donors (Lipinski definition) is 0. The summed E-state index contributed by atoms with van der Waals surface area (Å²) in [5.41, 5.74) is 8.65. The van der Waals surface area contributed by atoms with Crippen LogP contribution >= 0.6 is 11.3 Å². The molecule has 0 amide bonds. The van der Waals surface area contributed by atoms with Crippen LogP contribution in [0.2, 0.25) is 0 Å². The molecule has 262 valence electrons. The standard InChI is InChI=1S/C31H28S.C10H18.C4H8.C4H6/c1-5-10-28-29-21-27(17-18-31(29)32-30(28)7-3)26-14-9-13-25(20-26)24-12-8-11-23(19-24)16-15-22(4)6-2;1-5-7-8-10(6-2)9(3)4;2*1-3-4-2/h5-21H,3H2,1-2,4H3;5-7,9-10H,2,8H2,1,3-4H3;3-4H,1-2H3;3-4H,1-2H2/b10-5-,16-15-,22-6+;7-5-;4-3-;. The summed E-state index contributed by atoms with van der Waals surface area (Å²) in [6.07, 6.45) is 27.4. The lowest BCUT2D eigenvalue weighted by atomic mass is 9.93. The zero-order valence-electron chi connectivity index (χ0n) is 32.0. The van der Waals surface area contributed by atoms with Gasteiger partial charge >= 0.3 is 0 Å². The molecule has 0 aliphatic carbocycles. The Hall–Kier alpha value is -4.72. The van der Waals surface area contributed by atoms with Crippen LogP contribution in [0.3, 0.4) is 0 Å². The predicted molar refractivity (Wildman–Crippen MR) is 235 cm³/mol. The summed E-state index contributed by atoms with van der Waals surface area (Å²) >= 11 is 1.80. The van der Waals surface area contributed by atoms with Crippen LogP contribution in [-0.2, 0) is 0 Å². The van der Waals surface area contributed by atoms with Crippen LogP contribution in [-0.4, -0.2) is 0 Å². The number of hydrogen-bond acceptors (Lipinski definition) is 1. The number of fused-ring (bicyclic) bond motifs is 1. The smallest absolute Gasteiger partial charge is 0.0355 e. The molecular formula is C49H60S. The van der Waals surface area contributed by atoms with Gasteiger partial charge in [0.25, 0.3) is 0 Å². The topological polar surface area (TPSA) is 0 Å². The molecule has 0 saturated carbocycles. The van der Waals surface area contributed by atoms with Gasteiger partial charge in [0, 0.05) is 15.0 Å². The molecular weight excluding hydrogens is 621 g/mol. The zero-order chi connectivity index (χ0) is 37.3. The van der Waals surface area contributed by atoms with Gasteiger partial charge in [-0.25, -0.2) is 0 Å². The first-order valence-electron chi connectivity index (χ1n) is 17.6. The molecule has 50 heavy (non-hydrogen) atoms. The molecule has 0 N–H and O–H groups in total. The third kappa shape index (κ3) is 14.8. The van der Waals surface area contributed by atoms with Crippen LogP contribution in [0.15, 0.2) is 159 Å². The molecule has 3 aromatic carbocycles. The molecule has 0 radical (unpaired) electrons. The quantitative estimate of drug-likeness (QED) is 0.109. The van der Waals surface area contributed by atoms with E-state index in [1.165, 1.54) is 53.9 Å². The van der Waals surface area contributed by atoms with Gasteiger partial charge in [-0.15, -0.1) is 17.9 Å². The maximum Gasteiger partial charge on any atom is 0.0355 e. The highest BCUT2D eigenvalue weighted by Gasteiger charge is 2.10. The molecule has 1 aromatic heterocycles. The van der Waals surface area contributed by atoms with E-state index in [0.717, 1.165) is 6.42 Å². The Balaban J connectivity index is 0.000000575. The van der Waals surface area contributed by atoms with Crippen molar-refractivity contribution in [1.29, 1.82) is 0 Å². The van der Waals surface area contributed by atoms with E-state index < -0.39 is 0 Å². The van der Waals surface area contributed by atoms with Crippen molar-refractivity contribution >= 4 is 39.7 Å². The first-order chi connectivity index (χ1) is 24.2. The van der Waals surface area contributed by atoms with Crippen molar-refractivity contribution < 1.29 is 0 Å². The minimum atomic E-state index is 0.649. The first kappa shape index (κ1) is 43.3. The van der Waals surface area contributed by atoms with E-state index in [1.807, 2.05) is 38.2 Å². The van der Waals surface area contributed by atoms with Crippen LogP contribution in [0.5, 0.6) is 0 Å². The van der Waals surface area contributed by atoms with Crippen molar-refractivity contribution in [2.24, 2.45) is 11.8 Å². The molecule has 1 atom stereocenters. The summed E-state index contributed by atoms with van der Waals surface area (Å²) in [5, 5.41) is 1.29. The van der Waals surface area contributed by atoms with Crippen LogP contribution in [0, 0.1) is 11.8 Å². The van der Waals surface area contributed by atoms with Gasteiger partial charge in [-0.3, -0.25) is 0 Å². The number of rotatable bonds is 11. The van der Waals surface area contributed by atoms with Gasteiger partial charge in [0.15, 0.2) is 0 Å². The SMILES string of the molecule is C/C=C\C.C=CC(C/C=C\C)C(C)C.C=CC=C.C=Cc1sc2ccc(-c3cccc(-c4cccc(/C=C\C(C)=C\C)c4)c3)cc2c1/C=C\C. The van der Waals surface area contributed by atoms with Gasteiger partial charge in [0.05, 0.1) is 0 Å². The van der Waals surface area contributed by atoms with Crippen molar-refractivity contribution in [2.75, 3.05) is 0 Å². The summed E-state index contributed by atoms with van der Waals surface area (Å²) in [7, 11) is 0. The highest BCUT2D eigenvalue weighted by molar-refractivity contribution is 7.20. The van der Waals surface area contributed by atoms with Gasteiger partial charge in [-0.2, -0.15) is 0 Å². The first-order valence-corrected chi connectivity index (χ1v) is 18.4. The van der Waals surface area contributed by atoms with E-state index in [-0.39, 0.29) is 0 Å². The Bertz CT molecular complexity index is 1770. The third-order valence-corrected chi connectivity index (χ3v) is 9.17. The van der Waals surface area contributed by atoms with Crippen molar-refractivity contribution in [3.05, 3.63) is 175 Å². The molecule has 1 unspecified atom stereocenters. The van der Waals surface area contributed by atoms with Gasteiger partial charge in [0.1, 0.15) is 0 Å². The Labute approximate surface area is 309 Å². The average Bonchev–Trinajstić information content (AvgIpc) is 3.51. The third-order valence-electron chi connectivity index (χ3n) is 7.99. The lowest BCUT2D eigenvalue weighted by Gasteiger charge is -2.13. The highest BCUT2D eigenvalue weighted by Crippen LogP contribution is 2.37. The number of allylic oxidation sites excluding steroid dienone is 11. The largest absolute Gasteiger partial charge is 0.135 e. The minimum Gasteiger partial charge on any atom is -0.135 e. The highest BCUT2D eigenvalue weighted by atomic mass is 32.1. The van der Waals surface area contributed by atoms with Crippen molar-refractivity contribution in [2.45, 2.75) is 61.8 Å². The van der Waals surface area contributed by atoms with Crippen molar-refractivity contribution in [1.82, 2.24) is 0 Å². The predicted octanol–water partition coefficient (Wildman–Crippen LogP) is 16.2. The van der Waals surface area contributed by atoms with E-state index in [1.54, 1.807) is 23.5 Å². The molecule has 1 heterocycles. The molecule has 4 rings (SSSR count). The number of thiophene rings is 1. The van der Waals surface area contributed by atoms with Gasteiger partial charge in [-0.05, 0) is 117 Å². The van der Waals surface area contributed by atoms with E-state index in [0.29, 0.717) is 11.8 Å². The second kappa shape index (κ2) is 25.3. The van der Waals surface area contributed by atoms with E-state index >= 15 is 0 Å². The maximum absolute atomic E-state index is 4.00. The summed E-state index contributed by atoms with van der Waals surface area (Å²) in [6, 6.07) is 24.3. The van der Waals surface area contributed by atoms with E-state index in [2.05, 4.69) is 177 Å². The van der Waals surface area contributed by atoms with E-state index in [4.69, 9.17) is 0 Å². The summed E-state index contributed by atoms with van der Waals surface area (Å²) < 4.78 is 1.30. The Kier molecular flexibility index (Phi) is 21.9. The summed E-state index contributed by atoms with van der Waals surface area (Å²) in [4.78, 5) is 1.22. The lowest BCUT2D eigenvalue weighted by Crippen LogP contribution is -2.03. The second-order valence-corrected chi connectivity index (χ2v) is 13.0. The van der Waals surface area contributed by atoms with Crippen LogP contribution in [0.25, 0.3) is 50.6 Å². The molecule has 4 aromatic rings. The Morgan fingerprint density at radius 3 is 1.80 bits per heavy atom. The van der Waals surface area contributed by atoms with Gasteiger partial charge < -0.3 is 0 Å². The molecule has 1 heteroatoms. The second-order valence-electron chi connectivity index (χ2n) is 12.0. The van der Waals surface area contributed by atoms with Crippen molar-refractivity contribution in [3.63, 3.8) is 0 Å². The summed E-state index contributed by atoms with van der Waals surface area (Å²) in [6.45, 7) is 31.3. The molecule has 0 spiro atoms. The summed E-state index contributed by atoms with van der Waals surface area (Å²) in [5.74, 6) is 1.37. The molecule has 0 saturated heterocycles. The van der Waals surface area contributed by atoms with Crippen LogP contribution < -0.4 is 0 Å². The zero-order valence-corrected chi connectivity index (χ0v) is 32.8.